The molecule has 2 aromatic rings. The van der Waals surface area contributed by atoms with E-state index in [0.29, 0.717) is 13.1 Å². The van der Waals surface area contributed by atoms with Crippen molar-refractivity contribution in [2.24, 2.45) is 11.8 Å². The highest BCUT2D eigenvalue weighted by atomic mass is 32.2. The zero-order valence-electron chi connectivity index (χ0n) is 17.0. The molecule has 1 amide bonds. The van der Waals surface area contributed by atoms with Crippen LogP contribution in [-0.2, 0) is 16.4 Å². The van der Waals surface area contributed by atoms with Gasteiger partial charge in [-0.3, -0.25) is 9.36 Å². The molecule has 10 heteroatoms. The van der Waals surface area contributed by atoms with Gasteiger partial charge in [0.15, 0.2) is 0 Å². The van der Waals surface area contributed by atoms with Crippen molar-refractivity contribution in [1.82, 2.24) is 19.2 Å². The summed E-state index contributed by atoms with van der Waals surface area (Å²) in [6.07, 6.45) is 3.57. The zero-order chi connectivity index (χ0) is 21.9. The quantitative estimate of drug-likeness (QED) is 0.718. The van der Waals surface area contributed by atoms with Crippen molar-refractivity contribution in [3.63, 3.8) is 0 Å². The topological polar surface area (TPSA) is 84.3 Å². The van der Waals surface area contributed by atoms with Crippen LogP contribution in [0.25, 0.3) is 0 Å². The largest absolute Gasteiger partial charge is 0.352 e. The highest BCUT2D eigenvalue weighted by Crippen LogP contribution is 2.27. The van der Waals surface area contributed by atoms with E-state index in [1.165, 1.54) is 41.0 Å². The van der Waals surface area contributed by atoms with E-state index >= 15 is 0 Å². The summed E-state index contributed by atoms with van der Waals surface area (Å²) in [7, 11) is -3.70. The molecular weight excluding hydrogens is 414 g/mol. The standard InChI is InChI=1S/C20H26F2N4O3S/c1-14-10-15(2)13-25(12-14)30(28,29)17-5-3-4-16(11-17)19(27)24-7-6-18-23-8-9-26(18)20(21)22/h3-5,8-9,11,14-15,20H,6-7,10,12-13H2,1-2H3,(H,24,27). The minimum absolute atomic E-state index is 0.0738. The highest BCUT2D eigenvalue weighted by molar-refractivity contribution is 7.89. The van der Waals surface area contributed by atoms with Crippen LogP contribution in [0.1, 0.15) is 43.0 Å². The van der Waals surface area contributed by atoms with E-state index in [9.17, 15) is 22.0 Å². The Morgan fingerprint density at radius 1 is 1.27 bits per heavy atom. The summed E-state index contributed by atoms with van der Waals surface area (Å²) >= 11 is 0. The molecule has 1 aromatic heterocycles. The number of piperidine rings is 1. The summed E-state index contributed by atoms with van der Waals surface area (Å²) in [5.41, 5.74) is 0.200. The number of rotatable bonds is 7. The molecule has 0 bridgehead atoms. The first kappa shape index (κ1) is 22.4. The Balaban J connectivity index is 1.67. The molecule has 1 N–H and O–H groups in total. The van der Waals surface area contributed by atoms with Gasteiger partial charge >= 0.3 is 6.55 Å². The van der Waals surface area contributed by atoms with E-state index in [4.69, 9.17) is 0 Å². The molecule has 1 saturated heterocycles. The monoisotopic (exact) mass is 440 g/mol. The van der Waals surface area contributed by atoms with E-state index < -0.39 is 22.5 Å². The number of nitrogens with one attached hydrogen (secondary N) is 1. The number of nitrogens with zero attached hydrogens (tertiary/aromatic N) is 3. The first-order valence-electron chi connectivity index (χ1n) is 9.86. The van der Waals surface area contributed by atoms with Gasteiger partial charge in [-0.2, -0.15) is 13.1 Å². The second kappa shape index (κ2) is 9.22. The maximum atomic E-state index is 13.0. The van der Waals surface area contributed by atoms with Gasteiger partial charge in [0.1, 0.15) is 5.82 Å². The van der Waals surface area contributed by atoms with E-state index in [2.05, 4.69) is 10.3 Å². The lowest BCUT2D eigenvalue weighted by atomic mass is 9.94. The third-order valence-corrected chi connectivity index (χ3v) is 6.99. The van der Waals surface area contributed by atoms with Gasteiger partial charge < -0.3 is 5.32 Å². The number of carbonyl (C=O) groups is 1. The molecule has 0 aliphatic carbocycles. The smallest absolute Gasteiger partial charge is 0.319 e. The number of benzene rings is 1. The predicted molar refractivity (Wildman–Crippen MR) is 108 cm³/mol. The number of imidazole rings is 1. The molecule has 1 aliphatic rings. The highest BCUT2D eigenvalue weighted by Gasteiger charge is 2.32. The SMILES string of the molecule is CC1CC(C)CN(S(=O)(=O)c2cccc(C(=O)NCCc3nccn3C(F)F)c2)C1. The molecule has 2 unspecified atom stereocenters. The molecule has 30 heavy (non-hydrogen) atoms. The average molecular weight is 441 g/mol. The molecule has 1 aromatic carbocycles. The number of amides is 1. The van der Waals surface area contributed by atoms with Crippen LogP contribution >= 0.6 is 0 Å². The Bertz CT molecular complexity index is 983. The summed E-state index contributed by atoms with van der Waals surface area (Å²) in [5, 5.41) is 2.63. The summed E-state index contributed by atoms with van der Waals surface area (Å²) in [6, 6.07) is 5.89. The Kier molecular flexibility index (Phi) is 6.87. The van der Waals surface area contributed by atoms with Gasteiger partial charge in [-0.25, -0.2) is 13.4 Å². The van der Waals surface area contributed by atoms with Crippen LogP contribution in [0, 0.1) is 11.8 Å². The minimum Gasteiger partial charge on any atom is -0.352 e. The molecule has 0 saturated carbocycles. The number of hydrogen-bond donors (Lipinski definition) is 1. The molecule has 2 heterocycles. The van der Waals surface area contributed by atoms with Crippen molar-refractivity contribution < 1.29 is 22.0 Å². The fourth-order valence-electron chi connectivity index (χ4n) is 3.85. The van der Waals surface area contributed by atoms with Gasteiger partial charge in [0.05, 0.1) is 4.90 Å². The number of sulfonamides is 1. The predicted octanol–water partition coefficient (Wildman–Crippen LogP) is 2.92. The molecule has 1 fully saturated rings. The van der Waals surface area contributed by atoms with Crippen LogP contribution in [-0.4, -0.2) is 47.8 Å². The molecule has 1 aliphatic heterocycles. The normalized spacial score (nSPS) is 20.4. The summed E-state index contributed by atoms with van der Waals surface area (Å²) in [4.78, 5) is 16.4. The molecule has 7 nitrogen and oxygen atoms in total. The van der Waals surface area contributed by atoms with Crippen molar-refractivity contribution in [3.8, 4) is 0 Å². The first-order valence-corrected chi connectivity index (χ1v) is 11.3. The second-order valence-electron chi connectivity index (χ2n) is 7.83. The van der Waals surface area contributed by atoms with Gasteiger partial charge in [-0.05, 0) is 36.5 Å². The third-order valence-electron chi connectivity index (χ3n) is 5.16. The number of aromatic nitrogens is 2. The number of halogens is 2. The van der Waals surface area contributed by atoms with Crippen LogP contribution in [0.15, 0.2) is 41.6 Å². The zero-order valence-corrected chi connectivity index (χ0v) is 17.8. The van der Waals surface area contributed by atoms with Gasteiger partial charge in [0, 0.05) is 44.0 Å². The van der Waals surface area contributed by atoms with Gasteiger partial charge in [0.25, 0.3) is 5.91 Å². The molecule has 2 atom stereocenters. The summed E-state index contributed by atoms with van der Waals surface area (Å²) in [6.45, 7) is 2.38. The number of carbonyl (C=O) groups excluding carboxylic acids is 1. The van der Waals surface area contributed by atoms with Crippen molar-refractivity contribution >= 4 is 15.9 Å². The van der Waals surface area contributed by atoms with E-state index in [0.717, 1.165) is 11.0 Å². The molecule has 164 valence electrons. The van der Waals surface area contributed by atoms with Gasteiger partial charge in [-0.15, -0.1) is 0 Å². The van der Waals surface area contributed by atoms with Crippen LogP contribution in [0.5, 0.6) is 0 Å². The van der Waals surface area contributed by atoms with Gasteiger partial charge in [0.2, 0.25) is 10.0 Å². The fourth-order valence-corrected chi connectivity index (χ4v) is 5.58. The van der Waals surface area contributed by atoms with Crippen LogP contribution < -0.4 is 5.32 Å². The van der Waals surface area contributed by atoms with Crippen molar-refractivity contribution in [2.75, 3.05) is 19.6 Å². The Labute approximate surface area is 175 Å². The van der Waals surface area contributed by atoms with Crippen LogP contribution in [0.4, 0.5) is 8.78 Å². The van der Waals surface area contributed by atoms with E-state index in [1.807, 2.05) is 13.8 Å². The first-order chi connectivity index (χ1) is 14.2. The number of hydrogen-bond acceptors (Lipinski definition) is 4. The van der Waals surface area contributed by atoms with Crippen LogP contribution in [0.2, 0.25) is 0 Å². The Hall–Kier alpha value is -2.33. The van der Waals surface area contributed by atoms with E-state index in [-0.39, 0.29) is 41.1 Å². The molecule has 3 rings (SSSR count). The maximum absolute atomic E-state index is 13.0. The lowest BCUT2D eigenvalue weighted by Gasteiger charge is -2.34. The maximum Gasteiger partial charge on any atom is 0.319 e. The lowest BCUT2D eigenvalue weighted by molar-refractivity contribution is 0.0670. The molecule has 0 radical (unpaired) electrons. The summed E-state index contributed by atoms with van der Waals surface area (Å²) in [5.74, 6) is 0.240. The van der Waals surface area contributed by atoms with Crippen molar-refractivity contribution in [1.29, 1.82) is 0 Å². The van der Waals surface area contributed by atoms with Crippen molar-refractivity contribution in [3.05, 3.63) is 48.0 Å². The number of alkyl halides is 2. The fraction of sp³-hybridized carbons (Fsp3) is 0.500. The average Bonchev–Trinajstić information content (AvgIpc) is 3.16. The third kappa shape index (κ3) is 5.04. The Morgan fingerprint density at radius 3 is 2.63 bits per heavy atom. The Morgan fingerprint density at radius 2 is 1.97 bits per heavy atom. The second-order valence-corrected chi connectivity index (χ2v) is 9.77. The van der Waals surface area contributed by atoms with E-state index in [1.54, 1.807) is 0 Å². The molecular formula is C20H26F2N4O3S. The minimum atomic E-state index is -3.70. The lowest BCUT2D eigenvalue weighted by Crippen LogP contribution is -2.42. The molecule has 0 spiro atoms. The van der Waals surface area contributed by atoms with Crippen LogP contribution in [0.3, 0.4) is 0 Å². The summed E-state index contributed by atoms with van der Waals surface area (Å²) < 4.78 is 54.0. The van der Waals surface area contributed by atoms with Crippen molar-refractivity contribution in [2.45, 2.75) is 38.1 Å². The van der Waals surface area contributed by atoms with Gasteiger partial charge in [-0.1, -0.05) is 19.9 Å².